The summed E-state index contributed by atoms with van der Waals surface area (Å²) in [6.45, 7) is 1.21. The number of anilines is 2. The van der Waals surface area contributed by atoms with E-state index in [0.29, 0.717) is 0 Å². The molecule has 0 radical (unpaired) electrons. The predicted octanol–water partition coefficient (Wildman–Crippen LogP) is 2.35. The molecule has 0 aliphatic heterocycles. The molecule has 11 heteroatoms. The second-order valence-corrected chi connectivity index (χ2v) is 7.81. The summed E-state index contributed by atoms with van der Waals surface area (Å²) in [6, 6.07) is 4.23. The Balaban J connectivity index is 2.21. The lowest BCUT2D eigenvalue weighted by atomic mass is 10.2. The molecule has 1 aromatic heterocycles. The van der Waals surface area contributed by atoms with E-state index in [2.05, 4.69) is 15.0 Å². The van der Waals surface area contributed by atoms with E-state index >= 15 is 0 Å². The van der Waals surface area contributed by atoms with Gasteiger partial charge in [0.15, 0.2) is 5.13 Å². The molecule has 0 saturated carbocycles. The fraction of sp³-hybridized carbons (Fsp3) is 0.154. The summed E-state index contributed by atoms with van der Waals surface area (Å²) in [5.41, 5.74) is 0.0468. The molecule has 1 heterocycles. The molecule has 0 unspecified atom stereocenters. The highest BCUT2D eigenvalue weighted by Gasteiger charge is 2.17. The van der Waals surface area contributed by atoms with Crippen molar-refractivity contribution >= 4 is 55.0 Å². The van der Waals surface area contributed by atoms with E-state index in [1.165, 1.54) is 31.3 Å². The average Bonchev–Trinajstić information content (AvgIpc) is 2.85. The van der Waals surface area contributed by atoms with Crippen LogP contribution >= 0.6 is 22.9 Å². The number of carbonyl (C=O) groups excluding carboxylic acids is 2. The quantitative estimate of drug-likeness (QED) is 0.599. The van der Waals surface area contributed by atoms with Crippen molar-refractivity contribution in [3.05, 3.63) is 35.0 Å². The highest BCUT2D eigenvalue weighted by atomic mass is 35.5. The van der Waals surface area contributed by atoms with Crippen molar-refractivity contribution in [2.75, 3.05) is 16.3 Å². The first-order valence-electron chi connectivity index (χ1n) is 6.37. The van der Waals surface area contributed by atoms with Crippen LogP contribution in [0.3, 0.4) is 0 Å². The van der Waals surface area contributed by atoms with Gasteiger partial charge in [-0.2, -0.15) is 0 Å². The zero-order chi connectivity index (χ0) is 17.9. The van der Waals surface area contributed by atoms with Gasteiger partial charge in [-0.3, -0.25) is 19.6 Å². The lowest BCUT2D eigenvalue weighted by Gasteiger charge is -2.08. The van der Waals surface area contributed by atoms with Gasteiger partial charge in [-0.25, -0.2) is 13.4 Å². The van der Waals surface area contributed by atoms with Crippen molar-refractivity contribution in [2.24, 2.45) is 0 Å². The number of carbonyl (C=O) groups is 2. The first kappa shape index (κ1) is 18.2. The number of rotatable bonds is 5. The third-order valence-electron chi connectivity index (χ3n) is 2.45. The van der Waals surface area contributed by atoms with Crippen LogP contribution in [0.15, 0.2) is 24.4 Å². The summed E-state index contributed by atoms with van der Waals surface area (Å²) in [4.78, 5) is 27.3. The van der Waals surface area contributed by atoms with Gasteiger partial charge < -0.3 is 4.74 Å². The Bertz CT molecular complexity index is 895. The van der Waals surface area contributed by atoms with Crippen LogP contribution in [0.4, 0.5) is 10.1 Å². The number of halogens is 1. The fourth-order valence-electron chi connectivity index (χ4n) is 1.65. The minimum atomic E-state index is -3.44. The number of hydrogen-bond donors (Lipinski definition) is 2. The first-order chi connectivity index (χ1) is 11.1. The SMILES string of the molecule is CC(=O)Oc1ccc(Cl)cc1C(=O)Nc1ncc(NS(C)(=O)=O)s1. The third kappa shape index (κ3) is 5.18. The molecule has 128 valence electrons. The third-order valence-corrected chi connectivity index (χ3v) is 4.24. The summed E-state index contributed by atoms with van der Waals surface area (Å²) < 4.78 is 29.5. The average molecular weight is 390 g/mol. The van der Waals surface area contributed by atoms with Crippen LogP contribution in [0.1, 0.15) is 17.3 Å². The van der Waals surface area contributed by atoms with E-state index in [1.54, 1.807) is 0 Å². The van der Waals surface area contributed by atoms with Crippen LogP contribution in [-0.2, 0) is 14.8 Å². The number of benzene rings is 1. The van der Waals surface area contributed by atoms with Gasteiger partial charge in [0.05, 0.1) is 18.0 Å². The number of thiazole rings is 1. The van der Waals surface area contributed by atoms with Gasteiger partial charge in [-0.1, -0.05) is 22.9 Å². The van der Waals surface area contributed by atoms with Crippen molar-refractivity contribution in [2.45, 2.75) is 6.92 Å². The van der Waals surface area contributed by atoms with E-state index in [0.717, 1.165) is 17.6 Å². The van der Waals surface area contributed by atoms with Crippen molar-refractivity contribution in [1.82, 2.24) is 4.98 Å². The molecule has 0 fully saturated rings. The highest BCUT2D eigenvalue weighted by Crippen LogP contribution is 2.27. The molecule has 2 rings (SSSR count). The van der Waals surface area contributed by atoms with Gasteiger partial charge in [0.2, 0.25) is 10.0 Å². The number of hydrogen-bond acceptors (Lipinski definition) is 7. The van der Waals surface area contributed by atoms with Crippen molar-refractivity contribution in [3.63, 3.8) is 0 Å². The molecule has 0 saturated heterocycles. The molecular formula is C13H12ClN3O5S2. The number of sulfonamides is 1. The first-order valence-corrected chi connectivity index (χ1v) is 9.45. The second-order valence-electron chi connectivity index (χ2n) is 4.59. The molecule has 2 N–H and O–H groups in total. The molecule has 0 aliphatic rings. The number of amides is 1. The highest BCUT2D eigenvalue weighted by molar-refractivity contribution is 7.92. The van der Waals surface area contributed by atoms with Gasteiger partial charge >= 0.3 is 5.97 Å². The maximum atomic E-state index is 12.3. The van der Waals surface area contributed by atoms with Crippen LogP contribution in [0, 0.1) is 0 Å². The Hall–Kier alpha value is -2.17. The maximum Gasteiger partial charge on any atom is 0.308 e. The summed E-state index contributed by atoms with van der Waals surface area (Å²) in [6.07, 6.45) is 2.27. The molecule has 0 atom stereocenters. The van der Waals surface area contributed by atoms with Crippen molar-refractivity contribution < 1.29 is 22.7 Å². The van der Waals surface area contributed by atoms with Crippen LogP contribution in [-0.4, -0.2) is 31.5 Å². The second kappa shape index (κ2) is 7.16. The smallest absolute Gasteiger partial charge is 0.308 e. The molecule has 2 aromatic rings. The zero-order valence-corrected chi connectivity index (χ0v) is 14.9. The largest absolute Gasteiger partial charge is 0.426 e. The lowest BCUT2D eigenvalue weighted by molar-refractivity contribution is -0.131. The number of esters is 1. The molecule has 0 aliphatic carbocycles. The standard InChI is InChI=1S/C13H12ClN3O5S2/c1-7(18)22-10-4-3-8(14)5-9(10)12(19)16-13-15-6-11(23-13)17-24(2,20)21/h3-6,17H,1-2H3,(H,15,16,19). The summed E-state index contributed by atoms with van der Waals surface area (Å²) >= 11 is 6.80. The van der Waals surface area contributed by atoms with E-state index in [-0.39, 0.29) is 26.5 Å². The summed E-state index contributed by atoms with van der Waals surface area (Å²) in [5.74, 6) is -1.13. The zero-order valence-electron chi connectivity index (χ0n) is 12.5. The van der Waals surface area contributed by atoms with Gasteiger partial charge in [-0.15, -0.1) is 0 Å². The Morgan fingerprint density at radius 2 is 2.04 bits per heavy atom. The molecule has 0 spiro atoms. The van der Waals surface area contributed by atoms with Crippen molar-refractivity contribution in [1.29, 1.82) is 0 Å². The monoisotopic (exact) mass is 389 g/mol. The minimum absolute atomic E-state index is 0.0468. The molecule has 1 aromatic carbocycles. The Kier molecular flexibility index (Phi) is 5.42. The number of aromatic nitrogens is 1. The van der Waals surface area contributed by atoms with E-state index in [9.17, 15) is 18.0 Å². The molecule has 0 bridgehead atoms. The Morgan fingerprint density at radius 1 is 1.33 bits per heavy atom. The summed E-state index contributed by atoms with van der Waals surface area (Å²) in [7, 11) is -3.44. The molecule has 1 amide bonds. The maximum absolute atomic E-state index is 12.3. The van der Waals surface area contributed by atoms with Gasteiger partial charge in [-0.05, 0) is 18.2 Å². The van der Waals surface area contributed by atoms with Gasteiger partial charge in [0.1, 0.15) is 10.8 Å². The van der Waals surface area contributed by atoms with Gasteiger partial charge in [0, 0.05) is 11.9 Å². The lowest BCUT2D eigenvalue weighted by Crippen LogP contribution is -2.14. The summed E-state index contributed by atoms with van der Waals surface area (Å²) in [5, 5.41) is 3.19. The number of ether oxygens (including phenoxy) is 1. The number of nitrogens with one attached hydrogen (secondary N) is 2. The minimum Gasteiger partial charge on any atom is -0.426 e. The van der Waals surface area contributed by atoms with Gasteiger partial charge in [0.25, 0.3) is 5.91 Å². The topological polar surface area (TPSA) is 114 Å². The van der Waals surface area contributed by atoms with E-state index in [4.69, 9.17) is 16.3 Å². The number of nitrogens with zero attached hydrogens (tertiary/aromatic N) is 1. The van der Waals surface area contributed by atoms with E-state index in [1.807, 2.05) is 0 Å². The van der Waals surface area contributed by atoms with Crippen LogP contribution < -0.4 is 14.8 Å². The normalized spacial score (nSPS) is 11.0. The Morgan fingerprint density at radius 3 is 2.67 bits per heavy atom. The van der Waals surface area contributed by atoms with Crippen LogP contribution in [0.5, 0.6) is 5.75 Å². The van der Waals surface area contributed by atoms with Crippen molar-refractivity contribution in [3.8, 4) is 5.75 Å². The van der Waals surface area contributed by atoms with E-state index < -0.39 is 21.9 Å². The Labute approximate surface area is 146 Å². The van der Waals surface area contributed by atoms with Crippen LogP contribution in [0.25, 0.3) is 0 Å². The molecular weight excluding hydrogens is 378 g/mol. The predicted molar refractivity (Wildman–Crippen MR) is 91.3 cm³/mol. The van der Waals surface area contributed by atoms with Crippen LogP contribution in [0.2, 0.25) is 5.02 Å². The fourth-order valence-corrected chi connectivity index (χ4v) is 3.42. The molecule has 24 heavy (non-hydrogen) atoms. The molecule has 8 nitrogen and oxygen atoms in total.